The van der Waals surface area contributed by atoms with Crippen LogP contribution >= 0.6 is 0 Å². The number of amides is 3. The third-order valence-electron chi connectivity index (χ3n) is 5.09. The Labute approximate surface area is 193 Å². The molecule has 0 spiro atoms. The Kier molecular flexibility index (Phi) is 6.26. The van der Waals surface area contributed by atoms with Crippen molar-refractivity contribution in [3.8, 4) is 0 Å². The molecule has 34 heavy (non-hydrogen) atoms. The van der Waals surface area contributed by atoms with Crippen molar-refractivity contribution in [1.29, 1.82) is 0 Å². The van der Waals surface area contributed by atoms with Crippen molar-refractivity contribution in [2.24, 2.45) is 5.73 Å². The van der Waals surface area contributed by atoms with Gasteiger partial charge < -0.3 is 16.4 Å². The highest BCUT2D eigenvalue weighted by Gasteiger charge is 2.24. The molecule has 0 unspecified atom stereocenters. The molecule has 0 saturated carbocycles. The Bertz CT molecular complexity index is 1390. The summed E-state index contributed by atoms with van der Waals surface area (Å²) < 4.78 is 14.6. The molecule has 2 aromatic heterocycles. The molecule has 0 saturated heterocycles. The highest BCUT2D eigenvalue weighted by molar-refractivity contribution is 5.99. The summed E-state index contributed by atoms with van der Waals surface area (Å²) in [5.74, 6) is -2.35. The molecule has 0 radical (unpaired) electrons. The molecule has 3 amide bonds. The molecule has 2 aromatic carbocycles. The number of hydrogen-bond donors (Lipinski definition) is 3. The van der Waals surface area contributed by atoms with E-state index in [-0.39, 0.29) is 29.5 Å². The molecular weight excluding hydrogens is 441 g/mol. The first-order chi connectivity index (χ1) is 16.3. The summed E-state index contributed by atoms with van der Waals surface area (Å²) in [6.45, 7) is 1.75. The van der Waals surface area contributed by atoms with Crippen LogP contribution in [0.4, 0.5) is 4.39 Å². The number of nitrogens with one attached hydrogen (secondary N) is 2. The number of nitrogens with two attached hydrogens (primary N) is 1. The number of benzene rings is 2. The summed E-state index contributed by atoms with van der Waals surface area (Å²) in [6, 6.07) is 13.2. The van der Waals surface area contributed by atoms with E-state index in [1.807, 2.05) is 0 Å². The molecule has 1 atom stereocenters. The summed E-state index contributed by atoms with van der Waals surface area (Å²) >= 11 is 0. The third kappa shape index (κ3) is 4.72. The van der Waals surface area contributed by atoms with Gasteiger partial charge in [0, 0.05) is 12.6 Å². The van der Waals surface area contributed by atoms with Crippen LogP contribution < -0.4 is 16.4 Å². The van der Waals surface area contributed by atoms with Gasteiger partial charge in [0.2, 0.25) is 5.91 Å². The molecule has 10 nitrogen and oxygen atoms in total. The second kappa shape index (κ2) is 9.45. The van der Waals surface area contributed by atoms with Gasteiger partial charge in [-0.15, -0.1) is 0 Å². The predicted molar refractivity (Wildman–Crippen MR) is 119 cm³/mol. The Morgan fingerprint density at radius 2 is 1.85 bits per heavy atom. The van der Waals surface area contributed by atoms with Crippen LogP contribution in [-0.4, -0.2) is 37.3 Å². The summed E-state index contributed by atoms with van der Waals surface area (Å²) in [4.78, 5) is 45.9. The van der Waals surface area contributed by atoms with E-state index in [9.17, 15) is 18.8 Å². The van der Waals surface area contributed by atoms with Crippen LogP contribution in [0.3, 0.4) is 0 Å². The van der Waals surface area contributed by atoms with Crippen LogP contribution in [0, 0.1) is 12.7 Å². The maximum Gasteiger partial charge on any atom is 0.271 e. The first kappa shape index (κ1) is 22.5. The Morgan fingerprint density at radius 3 is 2.56 bits per heavy atom. The van der Waals surface area contributed by atoms with Gasteiger partial charge in [0.1, 0.15) is 29.6 Å². The van der Waals surface area contributed by atoms with Gasteiger partial charge in [0.15, 0.2) is 0 Å². The van der Waals surface area contributed by atoms with Gasteiger partial charge >= 0.3 is 0 Å². The lowest BCUT2D eigenvalue weighted by atomic mass is 10.1. The van der Waals surface area contributed by atoms with Crippen LogP contribution in [0.1, 0.15) is 43.7 Å². The number of hydrogen-bond acceptors (Lipinski definition) is 6. The molecule has 2 heterocycles. The molecule has 4 aromatic rings. The van der Waals surface area contributed by atoms with Gasteiger partial charge in [-0.2, -0.15) is 14.6 Å². The molecule has 0 aliphatic heterocycles. The van der Waals surface area contributed by atoms with Crippen molar-refractivity contribution >= 4 is 23.5 Å². The van der Waals surface area contributed by atoms with Gasteiger partial charge in [-0.3, -0.25) is 14.4 Å². The predicted octanol–water partition coefficient (Wildman–Crippen LogP) is 1.46. The van der Waals surface area contributed by atoms with E-state index in [0.717, 1.165) is 4.52 Å². The summed E-state index contributed by atoms with van der Waals surface area (Å²) in [5.41, 5.74) is 7.00. The second-order valence-corrected chi connectivity index (χ2v) is 7.48. The highest BCUT2D eigenvalue weighted by atomic mass is 19.1. The van der Waals surface area contributed by atoms with E-state index in [2.05, 4.69) is 25.7 Å². The molecule has 0 bridgehead atoms. The zero-order valence-corrected chi connectivity index (χ0v) is 18.0. The monoisotopic (exact) mass is 461 g/mol. The number of halogens is 1. The van der Waals surface area contributed by atoms with Crippen LogP contribution in [0.25, 0.3) is 5.78 Å². The highest BCUT2D eigenvalue weighted by Crippen LogP contribution is 2.14. The lowest BCUT2D eigenvalue weighted by Crippen LogP contribution is -2.38. The van der Waals surface area contributed by atoms with E-state index in [1.165, 1.54) is 18.5 Å². The van der Waals surface area contributed by atoms with Gasteiger partial charge in [-0.25, -0.2) is 9.37 Å². The fourth-order valence-electron chi connectivity index (χ4n) is 3.35. The van der Waals surface area contributed by atoms with E-state index in [0.29, 0.717) is 16.7 Å². The quantitative estimate of drug-likeness (QED) is 0.380. The first-order valence-corrected chi connectivity index (χ1v) is 10.2. The standard InChI is InChI=1S/C23H20FN7O3/c1-13-9-14(7-8-16(13)24)11-26-21(33)17-10-18(31-23(29-17)27-12-28-31)22(34)30-19(20(25)32)15-5-3-2-4-6-15/h2-10,12,19H,11H2,1H3,(H2,25,32)(H,26,33)(H,30,34)/t19-/m1/s1. The van der Waals surface area contributed by atoms with Crippen molar-refractivity contribution in [2.45, 2.75) is 19.5 Å². The topological polar surface area (TPSA) is 144 Å². The SMILES string of the molecule is Cc1cc(CNC(=O)c2cc(C(=O)N[C@@H](C(N)=O)c3ccccc3)n3ncnc3n2)ccc1F. The van der Waals surface area contributed by atoms with E-state index in [4.69, 9.17) is 5.73 Å². The van der Waals surface area contributed by atoms with Crippen molar-refractivity contribution < 1.29 is 18.8 Å². The van der Waals surface area contributed by atoms with Crippen molar-refractivity contribution in [3.05, 3.63) is 94.8 Å². The average Bonchev–Trinajstić information content (AvgIpc) is 3.31. The molecule has 172 valence electrons. The molecule has 0 aliphatic rings. The molecule has 11 heteroatoms. The van der Waals surface area contributed by atoms with Gasteiger partial charge in [-0.05, 0) is 29.7 Å². The smallest absolute Gasteiger partial charge is 0.271 e. The molecule has 0 fully saturated rings. The number of aromatic nitrogens is 4. The normalized spacial score (nSPS) is 11.7. The minimum absolute atomic E-state index is 0.0192. The fraction of sp³-hybridized carbons (Fsp3) is 0.130. The van der Waals surface area contributed by atoms with Gasteiger partial charge in [0.05, 0.1) is 0 Å². The number of fused-ring (bicyclic) bond motifs is 1. The van der Waals surface area contributed by atoms with Crippen LogP contribution in [0.5, 0.6) is 0 Å². The molecule has 0 aliphatic carbocycles. The summed E-state index contributed by atoms with van der Waals surface area (Å²) in [6.07, 6.45) is 1.19. The fourth-order valence-corrected chi connectivity index (χ4v) is 3.35. The van der Waals surface area contributed by atoms with Crippen molar-refractivity contribution in [2.75, 3.05) is 0 Å². The van der Waals surface area contributed by atoms with Gasteiger partial charge in [0.25, 0.3) is 17.6 Å². The number of carbonyl (C=O) groups is 3. The first-order valence-electron chi connectivity index (χ1n) is 10.2. The lowest BCUT2D eigenvalue weighted by molar-refractivity contribution is -0.120. The maximum atomic E-state index is 13.5. The van der Waals surface area contributed by atoms with E-state index in [1.54, 1.807) is 49.4 Å². The van der Waals surface area contributed by atoms with Crippen molar-refractivity contribution in [1.82, 2.24) is 30.2 Å². The minimum Gasteiger partial charge on any atom is -0.368 e. The molecule has 4 rings (SSSR count). The number of primary amides is 1. The number of aryl methyl sites for hydroxylation is 1. The zero-order valence-electron chi connectivity index (χ0n) is 18.0. The third-order valence-corrected chi connectivity index (χ3v) is 5.09. The Morgan fingerprint density at radius 1 is 1.09 bits per heavy atom. The van der Waals surface area contributed by atoms with Crippen molar-refractivity contribution in [3.63, 3.8) is 0 Å². The minimum atomic E-state index is -1.10. The number of nitrogens with zero attached hydrogens (tertiary/aromatic N) is 4. The Balaban J connectivity index is 1.59. The maximum absolute atomic E-state index is 13.5. The van der Waals surface area contributed by atoms with E-state index >= 15 is 0 Å². The Hall–Kier alpha value is -4.67. The summed E-state index contributed by atoms with van der Waals surface area (Å²) in [5, 5.41) is 9.23. The number of rotatable bonds is 7. The van der Waals surface area contributed by atoms with Crippen LogP contribution in [0.2, 0.25) is 0 Å². The average molecular weight is 461 g/mol. The van der Waals surface area contributed by atoms with E-state index < -0.39 is 23.8 Å². The van der Waals surface area contributed by atoms with Gasteiger partial charge in [-0.1, -0.05) is 42.5 Å². The largest absolute Gasteiger partial charge is 0.368 e. The molecule has 4 N–H and O–H groups in total. The van der Waals surface area contributed by atoms with Crippen LogP contribution in [0.15, 0.2) is 60.9 Å². The molecular formula is C23H20FN7O3. The number of carbonyl (C=O) groups excluding carboxylic acids is 3. The summed E-state index contributed by atoms with van der Waals surface area (Å²) in [7, 11) is 0. The lowest BCUT2D eigenvalue weighted by Gasteiger charge is -2.16. The second-order valence-electron chi connectivity index (χ2n) is 7.48. The zero-order chi connectivity index (χ0) is 24.2. The van der Waals surface area contributed by atoms with Crippen LogP contribution in [-0.2, 0) is 11.3 Å².